The van der Waals surface area contributed by atoms with Crippen LogP contribution < -0.4 is 11.5 Å². The Kier molecular flexibility index (Phi) is 3.64. The van der Waals surface area contributed by atoms with Crippen molar-refractivity contribution in [1.29, 1.82) is 0 Å². The van der Waals surface area contributed by atoms with Gasteiger partial charge in [-0.3, -0.25) is 0 Å². The molecule has 0 spiro atoms. The molecule has 0 bridgehead atoms. The van der Waals surface area contributed by atoms with Crippen LogP contribution in [-0.4, -0.2) is 23.2 Å². The maximum Gasteiger partial charge on any atom is 0.123 e. The number of nitrogen functional groups attached to an aromatic ring is 1. The standard InChI is InChI=1S/C13H21N3O/c1-13(5-2-3-7-17-13)11(14)8-10-4-6-16-12(15)9-10/h4,6,9,11H,2-3,5,7-8,14H2,1H3,(H2,15,16). The van der Waals surface area contributed by atoms with E-state index in [4.69, 9.17) is 16.2 Å². The lowest BCUT2D eigenvalue weighted by molar-refractivity contribution is -0.0808. The molecule has 2 rings (SSSR count). The predicted octanol–water partition coefficient (Wildman–Crippen LogP) is 1.49. The molecule has 0 aliphatic carbocycles. The molecular formula is C13H21N3O. The van der Waals surface area contributed by atoms with Gasteiger partial charge in [-0.05, 0) is 50.3 Å². The molecule has 0 amide bonds. The number of aromatic nitrogens is 1. The fourth-order valence-corrected chi connectivity index (χ4v) is 2.34. The number of hydrogen-bond acceptors (Lipinski definition) is 4. The van der Waals surface area contributed by atoms with E-state index in [9.17, 15) is 0 Å². The van der Waals surface area contributed by atoms with Crippen LogP contribution in [-0.2, 0) is 11.2 Å². The number of pyridine rings is 1. The fraction of sp³-hybridized carbons (Fsp3) is 0.615. The predicted molar refractivity (Wildman–Crippen MR) is 68.5 cm³/mol. The molecule has 0 aromatic carbocycles. The van der Waals surface area contributed by atoms with Crippen LogP contribution in [0, 0.1) is 0 Å². The third-order valence-corrected chi connectivity index (χ3v) is 3.58. The van der Waals surface area contributed by atoms with Gasteiger partial charge < -0.3 is 16.2 Å². The van der Waals surface area contributed by atoms with E-state index in [1.54, 1.807) is 6.20 Å². The van der Waals surface area contributed by atoms with Crippen molar-refractivity contribution >= 4 is 5.82 Å². The van der Waals surface area contributed by atoms with Crippen molar-refractivity contribution < 1.29 is 4.74 Å². The highest BCUT2D eigenvalue weighted by Crippen LogP contribution is 2.28. The van der Waals surface area contributed by atoms with Crippen molar-refractivity contribution in [3.63, 3.8) is 0 Å². The molecule has 4 nitrogen and oxygen atoms in total. The molecule has 4 N–H and O–H groups in total. The highest BCUT2D eigenvalue weighted by Gasteiger charge is 2.34. The first kappa shape index (κ1) is 12.3. The van der Waals surface area contributed by atoms with E-state index < -0.39 is 0 Å². The molecular weight excluding hydrogens is 214 g/mol. The number of ether oxygens (including phenoxy) is 1. The lowest BCUT2D eigenvalue weighted by atomic mass is 9.85. The molecule has 17 heavy (non-hydrogen) atoms. The van der Waals surface area contributed by atoms with E-state index >= 15 is 0 Å². The summed E-state index contributed by atoms with van der Waals surface area (Å²) in [6.07, 6.45) is 5.88. The minimum atomic E-state index is -0.198. The lowest BCUT2D eigenvalue weighted by Gasteiger charge is -2.38. The average molecular weight is 235 g/mol. The molecule has 1 aromatic heterocycles. The second-order valence-corrected chi connectivity index (χ2v) is 5.02. The van der Waals surface area contributed by atoms with Crippen molar-refractivity contribution in [2.24, 2.45) is 5.73 Å². The van der Waals surface area contributed by atoms with Crippen molar-refractivity contribution in [3.8, 4) is 0 Å². The van der Waals surface area contributed by atoms with Crippen LogP contribution in [0.2, 0.25) is 0 Å². The van der Waals surface area contributed by atoms with Gasteiger partial charge in [-0.1, -0.05) is 0 Å². The Balaban J connectivity index is 2.02. The summed E-state index contributed by atoms with van der Waals surface area (Å²) in [7, 11) is 0. The summed E-state index contributed by atoms with van der Waals surface area (Å²) < 4.78 is 5.86. The first-order valence-electron chi connectivity index (χ1n) is 6.20. The van der Waals surface area contributed by atoms with Crippen LogP contribution in [0.15, 0.2) is 18.3 Å². The largest absolute Gasteiger partial charge is 0.384 e. The van der Waals surface area contributed by atoms with Crippen LogP contribution in [0.1, 0.15) is 31.7 Å². The van der Waals surface area contributed by atoms with Gasteiger partial charge in [0, 0.05) is 18.8 Å². The molecule has 2 heterocycles. The van der Waals surface area contributed by atoms with Crippen molar-refractivity contribution in [3.05, 3.63) is 23.9 Å². The van der Waals surface area contributed by atoms with Gasteiger partial charge in [-0.2, -0.15) is 0 Å². The highest BCUT2D eigenvalue weighted by atomic mass is 16.5. The van der Waals surface area contributed by atoms with Gasteiger partial charge >= 0.3 is 0 Å². The van der Waals surface area contributed by atoms with Gasteiger partial charge in [-0.25, -0.2) is 4.98 Å². The Morgan fingerprint density at radius 1 is 1.53 bits per heavy atom. The van der Waals surface area contributed by atoms with Gasteiger partial charge in [0.05, 0.1) is 5.60 Å². The van der Waals surface area contributed by atoms with Crippen LogP contribution >= 0.6 is 0 Å². The van der Waals surface area contributed by atoms with Crippen LogP contribution in [0.5, 0.6) is 0 Å². The summed E-state index contributed by atoms with van der Waals surface area (Å²) in [5, 5.41) is 0. The molecule has 1 aliphatic heterocycles. The summed E-state index contributed by atoms with van der Waals surface area (Å²) >= 11 is 0. The first-order valence-corrected chi connectivity index (χ1v) is 6.20. The second kappa shape index (κ2) is 5.02. The maximum absolute atomic E-state index is 6.28. The number of anilines is 1. The zero-order chi connectivity index (χ0) is 12.3. The smallest absolute Gasteiger partial charge is 0.123 e. The number of hydrogen-bond donors (Lipinski definition) is 2. The molecule has 1 aliphatic rings. The van der Waals surface area contributed by atoms with E-state index in [1.165, 1.54) is 6.42 Å². The van der Waals surface area contributed by atoms with Gasteiger partial charge in [0.1, 0.15) is 5.82 Å². The molecule has 1 fully saturated rings. The van der Waals surface area contributed by atoms with Crippen molar-refractivity contribution in [2.75, 3.05) is 12.3 Å². The monoisotopic (exact) mass is 235 g/mol. The van der Waals surface area contributed by atoms with Crippen molar-refractivity contribution in [1.82, 2.24) is 4.98 Å². The molecule has 2 atom stereocenters. The van der Waals surface area contributed by atoms with Gasteiger partial charge in [0.2, 0.25) is 0 Å². The average Bonchev–Trinajstić information content (AvgIpc) is 2.30. The summed E-state index contributed by atoms with van der Waals surface area (Å²) in [6, 6.07) is 3.85. The van der Waals surface area contributed by atoms with E-state index in [1.807, 2.05) is 12.1 Å². The topological polar surface area (TPSA) is 74.2 Å². The normalized spacial score (nSPS) is 26.7. The number of rotatable bonds is 3. The third-order valence-electron chi connectivity index (χ3n) is 3.58. The lowest BCUT2D eigenvalue weighted by Crippen LogP contribution is -2.50. The summed E-state index contributed by atoms with van der Waals surface area (Å²) in [6.45, 7) is 2.93. The maximum atomic E-state index is 6.28. The SMILES string of the molecule is CC1(C(N)Cc2ccnc(N)c2)CCCCO1. The van der Waals surface area contributed by atoms with Crippen LogP contribution in [0.4, 0.5) is 5.82 Å². The molecule has 0 saturated carbocycles. The third kappa shape index (κ3) is 2.96. The number of nitrogens with two attached hydrogens (primary N) is 2. The zero-order valence-electron chi connectivity index (χ0n) is 10.4. The Morgan fingerprint density at radius 3 is 3.00 bits per heavy atom. The quantitative estimate of drug-likeness (QED) is 0.832. The summed E-state index contributed by atoms with van der Waals surface area (Å²) in [5.41, 5.74) is 12.9. The highest BCUT2D eigenvalue weighted by molar-refractivity contribution is 5.32. The Morgan fingerprint density at radius 2 is 2.35 bits per heavy atom. The Bertz CT molecular complexity index is 375. The van der Waals surface area contributed by atoms with Gasteiger partial charge in [0.15, 0.2) is 0 Å². The Labute approximate surface area is 102 Å². The molecule has 1 aromatic rings. The molecule has 2 unspecified atom stereocenters. The summed E-state index contributed by atoms with van der Waals surface area (Å²) in [4.78, 5) is 3.98. The fourth-order valence-electron chi connectivity index (χ4n) is 2.34. The molecule has 1 saturated heterocycles. The van der Waals surface area contributed by atoms with Crippen LogP contribution in [0.25, 0.3) is 0 Å². The first-order chi connectivity index (χ1) is 8.10. The minimum absolute atomic E-state index is 0.00426. The van der Waals surface area contributed by atoms with Gasteiger partial charge in [0.25, 0.3) is 0 Å². The van der Waals surface area contributed by atoms with Crippen molar-refractivity contribution in [2.45, 2.75) is 44.2 Å². The van der Waals surface area contributed by atoms with E-state index in [2.05, 4.69) is 11.9 Å². The summed E-state index contributed by atoms with van der Waals surface area (Å²) in [5.74, 6) is 0.546. The minimum Gasteiger partial charge on any atom is -0.384 e. The van der Waals surface area contributed by atoms with E-state index in [0.717, 1.165) is 31.4 Å². The van der Waals surface area contributed by atoms with Gasteiger partial charge in [-0.15, -0.1) is 0 Å². The molecule has 0 radical (unpaired) electrons. The Hall–Kier alpha value is -1.13. The van der Waals surface area contributed by atoms with E-state index in [0.29, 0.717) is 5.82 Å². The molecule has 94 valence electrons. The molecule has 4 heteroatoms. The van der Waals surface area contributed by atoms with Crippen LogP contribution in [0.3, 0.4) is 0 Å². The van der Waals surface area contributed by atoms with E-state index in [-0.39, 0.29) is 11.6 Å². The number of nitrogens with zero attached hydrogens (tertiary/aromatic N) is 1. The second-order valence-electron chi connectivity index (χ2n) is 5.02. The zero-order valence-corrected chi connectivity index (χ0v) is 10.4.